The number of nitrogen functional groups attached to an aromatic ring is 1. The van der Waals surface area contributed by atoms with Crippen molar-refractivity contribution in [3.8, 4) is 0 Å². The highest BCUT2D eigenvalue weighted by atomic mass is 16.5. The number of fused-ring (bicyclic) bond motifs is 1. The number of nitrogens with one attached hydrogen (secondary N) is 1. The molecule has 0 radical (unpaired) electrons. The topological polar surface area (TPSA) is 93.6 Å². The number of amides is 1. The van der Waals surface area contributed by atoms with Crippen LogP contribution in [0, 0.1) is 0 Å². The summed E-state index contributed by atoms with van der Waals surface area (Å²) in [4.78, 5) is 14.0. The number of primary amides is 1. The normalized spacial score (nSPS) is 25.5. The fourth-order valence-electron chi connectivity index (χ4n) is 3.15. The van der Waals surface area contributed by atoms with Gasteiger partial charge in [0.2, 0.25) is 0 Å². The Bertz CT molecular complexity index is 534. The standard InChI is InChI=1S/C15H22N4O2/c16-10-3-4-14(13(6-10)15(17)20)18-7-12-8-19-5-1-2-11(19)9-21-12/h3-4,6,11-12,18H,1-2,5,7-9,16H2,(H2,17,20). The van der Waals surface area contributed by atoms with Crippen molar-refractivity contribution in [1.29, 1.82) is 0 Å². The van der Waals surface area contributed by atoms with Crippen molar-refractivity contribution >= 4 is 17.3 Å². The fourth-order valence-corrected chi connectivity index (χ4v) is 3.15. The number of carbonyl (C=O) groups excluding carboxylic acids is 1. The molecule has 2 aliphatic heterocycles. The van der Waals surface area contributed by atoms with Gasteiger partial charge in [0, 0.05) is 30.5 Å². The van der Waals surface area contributed by atoms with Gasteiger partial charge in [-0.3, -0.25) is 9.69 Å². The number of hydrogen-bond donors (Lipinski definition) is 3. The van der Waals surface area contributed by atoms with E-state index in [1.54, 1.807) is 18.2 Å². The summed E-state index contributed by atoms with van der Waals surface area (Å²) in [7, 11) is 0. The van der Waals surface area contributed by atoms with Crippen LogP contribution < -0.4 is 16.8 Å². The molecule has 114 valence electrons. The summed E-state index contributed by atoms with van der Waals surface area (Å²) in [6.45, 7) is 3.57. The zero-order valence-corrected chi connectivity index (χ0v) is 12.0. The molecule has 2 unspecified atom stereocenters. The van der Waals surface area contributed by atoms with Gasteiger partial charge in [0.1, 0.15) is 0 Å². The van der Waals surface area contributed by atoms with Gasteiger partial charge in [-0.1, -0.05) is 0 Å². The molecule has 2 aliphatic rings. The second-order valence-electron chi connectivity index (χ2n) is 5.80. The Balaban J connectivity index is 1.61. The molecule has 2 fully saturated rings. The van der Waals surface area contributed by atoms with Crippen molar-refractivity contribution in [3.05, 3.63) is 23.8 Å². The Kier molecular flexibility index (Phi) is 3.98. The molecule has 2 heterocycles. The molecule has 0 bridgehead atoms. The first-order chi connectivity index (χ1) is 10.1. The van der Waals surface area contributed by atoms with E-state index in [1.807, 2.05) is 0 Å². The number of nitrogens with zero attached hydrogens (tertiary/aromatic N) is 1. The molecule has 21 heavy (non-hydrogen) atoms. The van der Waals surface area contributed by atoms with Crippen molar-refractivity contribution in [2.75, 3.05) is 37.3 Å². The first-order valence-electron chi connectivity index (χ1n) is 7.42. The first-order valence-corrected chi connectivity index (χ1v) is 7.42. The lowest BCUT2D eigenvalue weighted by molar-refractivity contribution is -0.0415. The zero-order chi connectivity index (χ0) is 14.8. The van der Waals surface area contributed by atoms with Gasteiger partial charge in [-0.2, -0.15) is 0 Å². The van der Waals surface area contributed by atoms with Gasteiger partial charge in [-0.25, -0.2) is 0 Å². The average Bonchev–Trinajstić information content (AvgIpc) is 2.93. The van der Waals surface area contributed by atoms with Crippen LogP contribution in [0.5, 0.6) is 0 Å². The van der Waals surface area contributed by atoms with Crippen molar-refractivity contribution in [2.24, 2.45) is 5.73 Å². The molecule has 1 amide bonds. The number of morpholine rings is 1. The maximum absolute atomic E-state index is 11.5. The Morgan fingerprint density at radius 1 is 1.48 bits per heavy atom. The van der Waals surface area contributed by atoms with Crippen LogP contribution in [0.15, 0.2) is 18.2 Å². The molecule has 1 aromatic rings. The second kappa shape index (κ2) is 5.91. The molecule has 6 heteroatoms. The summed E-state index contributed by atoms with van der Waals surface area (Å²) >= 11 is 0. The number of hydrogen-bond acceptors (Lipinski definition) is 5. The molecule has 3 rings (SSSR count). The highest BCUT2D eigenvalue weighted by Crippen LogP contribution is 2.23. The number of ether oxygens (including phenoxy) is 1. The minimum Gasteiger partial charge on any atom is -0.399 e. The molecule has 0 saturated carbocycles. The van der Waals surface area contributed by atoms with Crippen molar-refractivity contribution in [1.82, 2.24) is 4.90 Å². The van der Waals surface area contributed by atoms with E-state index in [1.165, 1.54) is 19.4 Å². The molecule has 0 spiro atoms. The fraction of sp³-hybridized carbons (Fsp3) is 0.533. The predicted molar refractivity (Wildman–Crippen MR) is 82.2 cm³/mol. The van der Waals surface area contributed by atoms with Crippen LogP contribution >= 0.6 is 0 Å². The molecular weight excluding hydrogens is 268 g/mol. The minimum absolute atomic E-state index is 0.137. The third kappa shape index (κ3) is 3.11. The van der Waals surface area contributed by atoms with Gasteiger partial charge >= 0.3 is 0 Å². The first kappa shape index (κ1) is 14.2. The van der Waals surface area contributed by atoms with Crippen LogP contribution in [-0.4, -0.2) is 49.2 Å². The highest BCUT2D eigenvalue weighted by molar-refractivity contribution is 5.99. The SMILES string of the molecule is NC(=O)c1cc(N)ccc1NCC1CN2CCCC2CO1. The molecule has 1 aromatic carbocycles. The van der Waals surface area contributed by atoms with Crippen LogP contribution in [0.1, 0.15) is 23.2 Å². The minimum atomic E-state index is -0.478. The largest absolute Gasteiger partial charge is 0.399 e. The molecular formula is C15H22N4O2. The smallest absolute Gasteiger partial charge is 0.250 e. The molecule has 6 nitrogen and oxygen atoms in total. The Hall–Kier alpha value is -1.79. The molecule has 2 saturated heterocycles. The molecule has 0 aliphatic carbocycles. The van der Waals surface area contributed by atoms with E-state index in [2.05, 4.69) is 10.2 Å². The molecule has 0 aromatic heterocycles. The van der Waals surface area contributed by atoms with Crippen molar-refractivity contribution in [2.45, 2.75) is 25.0 Å². The van der Waals surface area contributed by atoms with Gasteiger partial charge in [-0.15, -0.1) is 0 Å². The summed E-state index contributed by atoms with van der Waals surface area (Å²) in [5.41, 5.74) is 12.7. The van der Waals surface area contributed by atoms with E-state index in [9.17, 15) is 4.79 Å². The number of carbonyl (C=O) groups is 1. The van der Waals surface area contributed by atoms with Gasteiger partial charge in [-0.05, 0) is 37.6 Å². The van der Waals surface area contributed by atoms with Crippen LogP contribution in [0.2, 0.25) is 0 Å². The van der Waals surface area contributed by atoms with Crippen LogP contribution in [0.3, 0.4) is 0 Å². The zero-order valence-electron chi connectivity index (χ0n) is 12.0. The van der Waals surface area contributed by atoms with E-state index in [4.69, 9.17) is 16.2 Å². The monoisotopic (exact) mass is 290 g/mol. The number of anilines is 2. The number of benzene rings is 1. The lowest BCUT2D eigenvalue weighted by Crippen LogP contribution is -2.48. The van der Waals surface area contributed by atoms with Gasteiger partial charge in [0.25, 0.3) is 5.91 Å². The van der Waals surface area contributed by atoms with E-state index >= 15 is 0 Å². The maximum atomic E-state index is 11.5. The lowest BCUT2D eigenvalue weighted by Gasteiger charge is -2.35. The number of nitrogens with two attached hydrogens (primary N) is 2. The van der Waals surface area contributed by atoms with Crippen molar-refractivity contribution in [3.63, 3.8) is 0 Å². The van der Waals surface area contributed by atoms with Crippen LogP contribution in [-0.2, 0) is 4.74 Å². The summed E-state index contributed by atoms with van der Waals surface area (Å²) in [5, 5.41) is 3.26. The summed E-state index contributed by atoms with van der Waals surface area (Å²) in [5.74, 6) is -0.478. The maximum Gasteiger partial charge on any atom is 0.250 e. The van der Waals surface area contributed by atoms with Gasteiger partial charge < -0.3 is 21.5 Å². The lowest BCUT2D eigenvalue weighted by atomic mass is 10.1. The van der Waals surface area contributed by atoms with Crippen LogP contribution in [0.25, 0.3) is 0 Å². The Morgan fingerprint density at radius 2 is 2.33 bits per heavy atom. The third-order valence-corrected chi connectivity index (χ3v) is 4.29. The highest BCUT2D eigenvalue weighted by Gasteiger charge is 2.32. The molecule has 5 N–H and O–H groups in total. The summed E-state index contributed by atoms with van der Waals surface area (Å²) < 4.78 is 5.89. The summed E-state index contributed by atoms with van der Waals surface area (Å²) in [6.07, 6.45) is 2.64. The van der Waals surface area contributed by atoms with Gasteiger partial charge in [0.15, 0.2) is 0 Å². The third-order valence-electron chi connectivity index (χ3n) is 4.29. The quantitative estimate of drug-likeness (QED) is 0.708. The van der Waals surface area contributed by atoms with E-state index < -0.39 is 5.91 Å². The average molecular weight is 290 g/mol. The van der Waals surface area contributed by atoms with Gasteiger partial charge in [0.05, 0.1) is 18.3 Å². The summed E-state index contributed by atoms with van der Waals surface area (Å²) in [6, 6.07) is 5.74. The molecule has 2 atom stereocenters. The van der Waals surface area contributed by atoms with E-state index in [-0.39, 0.29) is 6.10 Å². The predicted octanol–water partition coefficient (Wildman–Crippen LogP) is 0.643. The second-order valence-corrected chi connectivity index (χ2v) is 5.80. The van der Waals surface area contributed by atoms with Crippen LogP contribution in [0.4, 0.5) is 11.4 Å². The Morgan fingerprint density at radius 3 is 3.14 bits per heavy atom. The van der Waals surface area contributed by atoms with E-state index in [0.29, 0.717) is 29.5 Å². The number of rotatable bonds is 4. The van der Waals surface area contributed by atoms with E-state index in [0.717, 1.165) is 13.2 Å². The van der Waals surface area contributed by atoms with Crippen molar-refractivity contribution < 1.29 is 9.53 Å². The Labute approximate surface area is 124 Å².